The second-order valence-corrected chi connectivity index (χ2v) is 7.87. The molecule has 8 heteroatoms. The lowest BCUT2D eigenvalue weighted by molar-refractivity contribution is -0.122. The van der Waals surface area contributed by atoms with Gasteiger partial charge in [-0.25, -0.2) is 0 Å². The van der Waals surface area contributed by atoms with Gasteiger partial charge in [0.1, 0.15) is 5.75 Å². The van der Waals surface area contributed by atoms with Gasteiger partial charge in [0.15, 0.2) is 0 Å². The highest BCUT2D eigenvalue weighted by molar-refractivity contribution is 6.31. The number of carbonyl (C=O) groups is 3. The zero-order chi connectivity index (χ0) is 21.8. The summed E-state index contributed by atoms with van der Waals surface area (Å²) in [6.07, 6.45) is 0.0886. The highest BCUT2D eigenvalue weighted by Crippen LogP contribution is 2.35. The number of rotatable bonds is 6. The zero-order valence-corrected chi connectivity index (χ0v) is 17.8. The molecule has 0 bridgehead atoms. The molecule has 1 atom stereocenters. The Morgan fingerprint density at radius 1 is 1.13 bits per heavy atom. The number of amides is 3. The van der Waals surface area contributed by atoms with Crippen molar-refractivity contribution in [2.75, 3.05) is 29.2 Å². The molecule has 158 valence electrons. The smallest absolute Gasteiger partial charge is 0.229 e. The SMILES string of the molecule is COc1ccc(Cl)cc1N1CC(C(=O)Nc2cccc(NC(=O)C(C)C)c2)CC1=O. The third kappa shape index (κ3) is 4.91. The fraction of sp³-hybridized carbons (Fsp3) is 0.318. The van der Waals surface area contributed by atoms with Gasteiger partial charge in [0.25, 0.3) is 0 Å². The number of nitrogens with zero attached hydrogens (tertiary/aromatic N) is 1. The van der Waals surface area contributed by atoms with E-state index in [0.717, 1.165) is 0 Å². The van der Waals surface area contributed by atoms with Gasteiger partial charge in [0.05, 0.1) is 18.7 Å². The summed E-state index contributed by atoms with van der Waals surface area (Å²) in [7, 11) is 1.52. The molecule has 0 saturated carbocycles. The number of hydrogen-bond donors (Lipinski definition) is 2. The molecule has 1 aliphatic rings. The van der Waals surface area contributed by atoms with Crippen molar-refractivity contribution in [3.63, 3.8) is 0 Å². The van der Waals surface area contributed by atoms with Crippen molar-refractivity contribution in [2.45, 2.75) is 20.3 Å². The van der Waals surface area contributed by atoms with Crippen molar-refractivity contribution in [3.05, 3.63) is 47.5 Å². The van der Waals surface area contributed by atoms with E-state index in [-0.39, 0.29) is 36.6 Å². The summed E-state index contributed by atoms with van der Waals surface area (Å²) in [5, 5.41) is 6.11. The highest BCUT2D eigenvalue weighted by atomic mass is 35.5. The first-order valence-electron chi connectivity index (χ1n) is 9.64. The van der Waals surface area contributed by atoms with Crippen LogP contribution in [0.2, 0.25) is 5.02 Å². The van der Waals surface area contributed by atoms with E-state index in [1.54, 1.807) is 56.3 Å². The van der Waals surface area contributed by atoms with Gasteiger partial charge in [-0.2, -0.15) is 0 Å². The van der Waals surface area contributed by atoms with E-state index in [1.165, 1.54) is 12.0 Å². The van der Waals surface area contributed by atoms with Crippen molar-refractivity contribution in [1.82, 2.24) is 0 Å². The second kappa shape index (κ2) is 9.17. The van der Waals surface area contributed by atoms with Crippen molar-refractivity contribution in [1.29, 1.82) is 0 Å². The molecule has 0 aliphatic carbocycles. The summed E-state index contributed by atoms with van der Waals surface area (Å²) in [5.74, 6) is -0.696. The molecule has 1 saturated heterocycles. The van der Waals surface area contributed by atoms with Crippen molar-refractivity contribution < 1.29 is 19.1 Å². The lowest BCUT2D eigenvalue weighted by atomic mass is 10.1. The lowest BCUT2D eigenvalue weighted by Crippen LogP contribution is -2.28. The molecule has 0 spiro atoms. The molecular formula is C22H24ClN3O4. The highest BCUT2D eigenvalue weighted by Gasteiger charge is 2.36. The molecule has 1 fully saturated rings. The van der Waals surface area contributed by atoms with Gasteiger partial charge >= 0.3 is 0 Å². The summed E-state index contributed by atoms with van der Waals surface area (Å²) < 4.78 is 5.33. The first-order chi connectivity index (χ1) is 14.3. The van der Waals surface area contributed by atoms with Crippen LogP contribution in [0.4, 0.5) is 17.1 Å². The molecule has 1 aliphatic heterocycles. The first kappa shape index (κ1) is 21.6. The van der Waals surface area contributed by atoms with E-state index < -0.39 is 5.92 Å². The van der Waals surface area contributed by atoms with Gasteiger partial charge in [0, 0.05) is 35.3 Å². The van der Waals surface area contributed by atoms with Crippen LogP contribution in [0.5, 0.6) is 5.75 Å². The van der Waals surface area contributed by atoms with Crippen molar-refractivity contribution in [3.8, 4) is 5.75 Å². The molecule has 2 N–H and O–H groups in total. The Morgan fingerprint density at radius 3 is 2.50 bits per heavy atom. The minimum absolute atomic E-state index is 0.0886. The number of anilines is 3. The fourth-order valence-corrected chi connectivity index (χ4v) is 3.36. The maximum atomic E-state index is 12.8. The largest absolute Gasteiger partial charge is 0.495 e. The summed E-state index contributed by atoms with van der Waals surface area (Å²) >= 11 is 6.07. The molecule has 7 nitrogen and oxygen atoms in total. The molecule has 0 aromatic heterocycles. The van der Waals surface area contributed by atoms with Gasteiger partial charge in [-0.1, -0.05) is 31.5 Å². The monoisotopic (exact) mass is 429 g/mol. The van der Waals surface area contributed by atoms with Crippen LogP contribution in [-0.4, -0.2) is 31.4 Å². The second-order valence-electron chi connectivity index (χ2n) is 7.44. The Balaban J connectivity index is 1.70. The Labute approximate surface area is 180 Å². The number of ether oxygens (including phenoxy) is 1. The Kier molecular flexibility index (Phi) is 6.62. The minimum atomic E-state index is -0.518. The van der Waals surface area contributed by atoms with Gasteiger partial charge in [-0.05, 0) is 36.4 Å². The van der Waals surface area contributed by atoms with Crippen LogP contribution < -0.4 is 20.3 Å². The molecule has 3 rings (SSSR count). The molecule has 30 heavy (non-hydrogen) atoms. The van der Waals surface area contributed by atoms with E-state index in [1.807, 2.05) is 0 Å². The van der Waals surface area contributed by atoms with E-state index in [2.05, 4.69) is 10.6 Å². The molecule has 2 aromatic rings. The molecule has 1 heterocycles. The average molecular weight is 430 g/mol. The van der Waals surface area contributed by atoms with Crippen LogP contribution in [0.3, 0.4) is 0 Å². The standard InChI is InChI=1S/C22H24ClN3O4/c1-13(2)21(28)24-16-5-4-6-17(11-16)25-22(29)14-9-20(27)26(12-14)18-10-15(23)7-8-19(18)30-3/h4-8,10-11,13-14H,9,12H2,1-3H3,(H,24,28)(H,25,29). The number of halogens is 1. The van der Waals surface area contributed by atoms with E-state index >= 15 is 0 Å². The number of carbonyl (C=O) groups excluding carboxylic acids is 3. The number of hydrogen-bond acceptors (Lipinski definition) is 4. The number of benzene rings is 2. The predicted octanol–water partition coefficient (Wildman–Crippen LogP) is 3.93. The van der Waals surface area contributed by atoms with Crippen LogP contribution >= 0.6 is 11.6 Å². The molecule has 2 aromatic carbocycles. The van der Waals surface area contributed by atoms with E-state index in [4.69, 9.17) is 16.3 Å². The summed E-state index contributed by atoms with van der Waals surface area (Å²) in [6, 6.07) is 11.9. The Morgan fingerprint density at radius 2 is 1.83 bits per heavy atom. The van der Waals surface area contributed by atoms with Crippen molar-refractivity contribution >= 4 is 46.4 Å². The zero-order valence-electron chi connectivity index (χ0n) is 17.1. The van der Waals surface area contributed by atoms with Crippen LogP contribution in [0, 0.1) is 11.8 Å². The van der Waals surface area contributed by atoms with Crippen LogP contribution in [-0.2, 0) is 14.4 Å². The number of nitrogens with one attached hydrogen (secondary N) is 2. The molecular weight excluding hydrogens is 406 g/mol. The normalized spacial score (nSPS) is 16.0. The van der Waals surface area contributed by atoms with Crippen molar-refractivity contribution in [2.24, 2.45) is 11.8 Å². The number of methoxy groups -OCH3 is 1. The summed E-state index contributed by atoms with van der Waals surface area (Å²) in [5.41, 5.74) is 1.69. The van der Waals surface area contributed by atoms with Crippen LogP contribution in [0.1, 0.15) is 20.3 Å². The minimum Gasteiger partial charge on any atom is -0.495 e. The topological polar surface area (TPSA) is 87.7 Å². The summed E-state index contributed by atoms with van der Waals surface area (Å²) in [4.78, 5) is 38.7. The Hall–Kier alpha value is -3.06. The average Bonchev–Trinajstić information content (AvgIpc) is 3.09. The van der Waals surface area contributed by atoms with Crippen LogP contribution in [0.25, 0.3) is 0 Å². The summed E-state index contributed by atoms with van der Waals surface area (Å²) in [6.45, 7) is 3.84. The third-order valence-corrected chi connectivity index (χ3v) is 5.08. The maximum absolute atomic E-state index is 12.8. The van der Waals surface area contributed by atoms with E-state index in [0.29, 0.717) is 27.8 Å². The van der Waals surface area contributed by atoms with Gasteiger partial charge < -0.3 is 20.3 Å². The van der Waals surface area contributed by atoms with Gasteiger partial charge in [-0.15, -0.1) is 0 Å². The third-order valence-electron chi connectivity index (χ3n) is 4.85. The molecule has 1 unspecified atom stereocenters. The lowest BCUT2D eigenvalue weighted by Gasteiger charge is -2.20. The fourth-order valence-electron chi connectivity index (χ4n) is 3.20. The van der Waals surface area contributed by atoms with E-state index in [9.17, 15) is 14.4 Å². The molecule has 0 radical (unpaired) electrons. The first-order valence-corrected chi connectivity index (χ1v) is 10.0. The Bertz CT molecular complexity index is 977. The van der Waals surface area contributed by atoms with Gasteiger partial charge in [0.2, 0.25) is 17.7 Å². The quantitative estimate of drug-likeness (QED) is 0.728. The van der Waals surface area contributed by atoms with Gasteiger partial charge in [-0.3, -0.25) is 14.4 Å². The predicted molar refractivity (Wildman–Crippen MR) is 117 cm³/mol. The van der Waals surface area contributed by atoms with Crippen LogP contribution in [0.15, 0.2) is 42.5 Å². The molecule has 3 amide bonds. The maximum Gasteiger partial charge on any atom is 0.229 e.